The van der Waals surface area contributed by atoms with Crippen molar-refractivity contribution in [2.24, 2.45) is 0 Å². The molecule has 0 atom stereocenters. The van der Waals surface area contributed by atoms with E-state index in [0.29, 0.717) is 5.75 Å². The van der Waals surface area contributed by atoms with Gasteiger partial charge in [0.15, 0.2) is 0 Å². The van der Waals surface area contributed by atoms with E-state index in [2.05, 4.69) is 106 Å². The van der Waals surface area contributed by atoms with Gasteiger partial charge in [-0.2, -0.15) is 0 Å². The first-order valence-corrected chi connectivity index (χ1v) is 11.6. The van der Waals surface area contributed by atoms with Gasteiger partial charge in [0.2, 0.25) is 0 Å². The second kappa shape index (κ2) is 9.58. The summed E-state index contributed by atoms with van der Waals surface area (Å²) < 4.78 is 0. The Morgan fingerprint density at radius 2 is 1.32 bits per heavy atom. The minimum absolute atomic E-state index is 0.0795. The molecule has 3 heteroatoms. The Hall–Kier alpha value is -2.10. The Labute approximate surface area is 189 Å². The molecule has 1 fully saturated rings. The second-order valence-corrected chi connectivity index (χ2v) is 10.9. The van der Waals surface area contributed by atoms with E-state index in [0.717, 1.165) is 50.4 Å². The Bertz CT molecular complexity index is 844. The summed E-state index contributed by atoms with van der Waals surface area (Å²) in [5.74, 6) is 0.471. The van der Waals surface area contributed by atoms with Gasteiger partial charge < -0.3 is 5.11 Å². The summed E-state index contributed by atoms with van der Waals surface area (Å²) in [5.41, 5.74) is 4.52. The van der Waals surface area contributed by atoms with Crippen LogP contribution in [-0.4, -0.2) is 47.6 Å². The number of rotatable bonds is 5. The molecule has 0 amide bonds. The molecule has 1 N–H and O–H groups in total. The van der Waals surface area contributed by atoms with Crippen LogP contribution in [0.15, 0.2) is 48.5 Å². The van der Waals surface area contributed by atoms with Crippen molar-refractivity contribution in [1.29, 1.82) is 0 Å². The highest BCUT2D eigenvalue weighted by molar-refractivity contribution is 5.50. The normalized spacial score (nSPS) is 16.8. The summed E-state index contributed by atoms with van der Waals surface area (Å²) in [6, 6.07) is 14.9. The number of aromatic hydroxyl groups is 1. The quantitative estimate of drug-likeness (QED) is 0.660. The van der Waals surface area contributed by atoms with Gasteiger partial charge in [-0.3, -0.25) is 9.80 Å². The lowest BCUT2D eigenvalue weighted by atomic mass is 9.78. The van der Waals surface area contributed by atoms with E-state index in [1.54, 1.807) is 0 Å². The molecule has 1 heterocycles. The third-order valence-electron chi connectivity index (χ3n) is 6.13. The molecule has 0 unspecified atom stereocenters. The molecule has 1 saturated heterocycles. The summed E-state index contributed by atoms with van der Waals surface area (Å²) in [5, 5.41) is 11.0. The molecule has 1 aliphatic rings. The van der Waals surface area contributed by atoms with Crippen molar-refractivity contribution in [3.05, 3.63) is 70.8 Å². The maximum atomic E-state index is 11.0. The Kier molecular flexibility index (Phi) is 7.28. The van der Waals surface area contributed by atoms with Crippen LogP contribution >= 0.6 is 0 Å². The van der Waals surface area contributed by atoms with E-state index in [9.17, 15) is 5.11 Å². The van der Waals surface area contributed by atoms with Crippen molar-refractivity contribution < 1.29 is 5.11 Å². The Balaban J connectivity index is 1.63. The first-order valence-electron chi connectivity index (χ1n) is 11.6. The van der Waals surface area contributed by atoms with Crippen molar-refractivity contribution in [3.63, 3.8) is 0 Å². The van der Waals surface area contributed by atoms with E-state index in [4.69, 9.17) is 0 Å². The highest BCUT2D eigenvalue weighted by Gasteiger charge is 2.27. The van der Waals surface area contributed by atoms with Crippen LogP contribution in [0.3, 0.4) is 0 Å². The topological polar surface area (TPSA) is 26.7 Å². The average Bonchev–Trinajstić information content (AvgIpc) is 2.69. The minimum atomic E-state index is -0.0795. The second-order valence-electron chi connectivity index (χ2n) is 10.9. The lowest BCUT2D eigenvalue weighted by Gasteiger charge is -2.35. The van der Waals surface area contributed by atoms with E-state index in [-0.39, 0.29) is 10.8 Å². The van der Waals surface area contributed by atoms with Crippen molar-refractivity contribution in [2.45, 2.75) is 58.9 Å². The molecule has 0 radical (unpaired) electrons. The van der Waals surface area contributed by atoms with Crippen LogP contribution in [0, 0.1) is 0 Å². The minimum Gasteiger partial charge on any atom is -0.507 e. The maximum Gasteiger partial charge on any atom is 0.123 e. The van der Waals surface area contributed by atoms with Crippen LogP contribution < -0.4 is 0 Å². The fraction of sp³-hybridized carbons (Fsp3) is 0.500. The van der Waals surface area contributed by atoms with Crippen LogP contribution in [0.2, 0.25) is 0 Å². The largest absolute Gasteiger partial charge is 0.507 e. The molecule has 0 aliphatic carbocycles. The molecule has 2 aromatic rings. The molecule has 0 aromatic heterocycles. The number of hydrogen-bond donors (Lipinski definition) is 1. The van der Waals surface area contributed by atoms with Gasteiger partial charge in [0.05, 0.1) is 0 Å². The van der Waals surface area contributed by atoms with Gasteiger partial charge in [-0.15, -0.1) is 0 Å². The van der Waals surface area contributed by atoms with E-state index in [1.165, 1.54) is 11.1 Å². The number of piperazine rings is 1. The molecule has 3 nitrogen and oxygen atoms in total. The number of phenols is 1. The third-order valence-corrected chi connectivity index (χ3v) is 6.13. The van der Waals surface area contributed by atoms with Gasteiger partial charge in [-0.25, -0.2) is 0 Å². The molecule has 0 spiro atoms. The molecular weight excluding hydrogens is 380 g/mol. The van der Waals surface area contributed by atoms with Gasteiger partial charge in [-0.05, 0) is 33.1 Å². The average molecular weight is 421 g/mol. The van der Waals surface area contributed by atoms with Crippen LogP contribution in [0.5, 0.6) is 5.75 Å². The van der Waals surface area contributed by atoms with E-state index >= 15 is 0 Å². The fourth-order valence-electron chi connectivity index (χ4n) is 4.22. The van der Waals surface area contributed by atoms with Gasteiger partial charge in [0.25, 0.3) is 0 Å². The third kappa shape index (κ3) is 6.44. The number of benzene rings is 2. The molecule has 3 rings (SSSR count). The number of phenolic OH excluding ortho intramolecular Hbond substituents is 1. The molecule has 1 aliphatic heterocycles. The summed E-state index contributed by atoms with van der Waals surface area (Å²) in [7, 11) is 0. The fourth-order valence-corrected chi connectivity index (χ4v) is 4.22. The van der Waals surface area contributed by atoms with Crippen molar-refractivity contribution in [3.8, 4) is 5.75 Å². The standard InChI is InChI=1S/C28H40N2O/c1-27(2,3)24-19-23(20-25(26(24)31)28(4,5)6)21-30-17-15-29(16-18-30)14-10-13-22-11-8-7-9-12-22/h7-13,19-20,31H,14-18,21H2,1-6H3/b13-10+. The molecular formula is C28H40N2O. The summed E-state index contributed by atoms with van der Waals surface area (Å²) >= 11 is 0. The summed E-state index contributed by atoms with van der Waals surface area (Å²) in [6.45, 7) is 19.4. The van der Waals surface area contributed by atoms with Gasteiger partial charge in [0.1, 0.15) is 5.75 Å². The molecule has 2 aromatic carbocycles. The molecule has 0 bridgehead atoms. The Morgan fingerprint density at radius 3 is 1.84 bits per heavy atom. The van der Waals surface area contributed by atoms with Gasteiger partial charge in [-0.1, -0.05) is 96.2 Å². The van der Waals surface area contributed by atoms with Crippen molar-refractivity contribution in [1.82, 2.24) is 9.80 Å². The van der Waals surface area contributed by atoms with E-state index < -0.39 is 0 Å². The van der Waals surface area contributed by atoms with E-state index in [1.807, 2.05) is 0 Å². The zero-order valence-corrected chi connectivity index (χ0v) is 20.3. The first kappa shape index (κ1) is 23.6. The lowest BCUT2D eigenvalue weighted by Crippen LogP contribution is -2.45. The predicted molar refractivity (Wildman–Crippen MR) is 133 cm³/mol. The van der Waals surface area contributed by atoms with Crippen LogP contribution in [-0.2, 0) is 17.4 Å². The highest BCUT2D eigenvalue weighted by Crippen LogP contribution is 2.40. The summed E-state index contributed by atoms with van der Waals surface area (Å²) in [4.78, 5) is 5.07. The van der Waals surface area contributed by atoms with Crippen molar-refractivity contribution in [2.75, 3.05) is 32.7 Å². The zero-order valence-electron chi connectivity index (χ0n) is 20.3. The van der Waals surface area contributed by atoms with Gasteiger partial charge >= 0.3 is 0 Å². The number of hydrogen-bond acceptors (Lipinski definition) is 3. The zero-order chi connectivity index (χ0) is 22.6. The molecule has 168 valence electrons. The molecule has 31 heavy (non-hydrogen) atoms. The highest BCUT2D eigenvalue weighted by atomic mass is 16.3. The Morgan fingerprint density at radius 1 is 0.806 bits per heavy atom. The van der Waals surface area contributed by atoms with Crippen LogP contribution in [0.25, 0.3) is 6.08 Å². The van der Waals surface area contributed by atoms with Crippen LogP contribution in [0.1, 0.15) is 63.8 Å². The summed E-state index contributed by atoms with van der Waals surface area (Å²) in [6.07, 6.45) is 4.49. The smallest absolute Gasteiger partial charge is 0.123 e. The van der Waals surface area contributed by atoms with Crippen molar-refractivity contribution >= 4 is 6.08 Å². The number of nitrogens with zero attached hydrogens (tertiary/aromatic N) is 2. The predicted octanol–water partition coefficient (Wildman–Crippen LogP) is 5.82. The maximum absolute atomic E-state index is 11.0. The molecule has 0 saturated carbocycles. The van der Waals surface area contributed by atoms with Crippen LogP contribution in [0.4, 0.5) is 0 Å². The monoisotopic (exact) mass is 420 g/mol. The first-order chi connectivity index (χ1) is 14.5. The SMILES string of the molecule is CC(C)(C)c1cc(CN2CCN(C/C=C/c3ccccc3)CC2)cc(C(C)(C)C)c1O. The van der Waals surface area contributed by atoms with Gasteiger partial charge in [0, 0.05) is 39.3 Å². The lowest BCUT2D eigenvalue weighted by molar-refractivity contribution is 0.137.